The maximum absolute atomic E-state index is 5.30. The summed E-state index contributed by atoms with van der Waals surface area (Å²) >= 11 is 0. The summed E-state index contributed by atoms with van der Waals surface area (Å²) in [5, 5.41) is 10.8. The van der Waals surface area contributed by atoms with Crippen molar-refractivity contribution in [3.8, 4) is 34.2 Å². The normalized spacial score (nSPS) is 11.0. The van der Waals surface area contributed by atoms with E-state index in [2.05, 4.69) is 32.4 Å². The van der Waals surface area contributed by atoms with E-state index in [1.165, 1.54) is 0 Å². The average molecular weight is 393 g/mol. The highest BCUT2D eigenvalue weighted by Gasteiger charge is 2.11. The number of hydrogen-bond donors (Lipinski definition) is 0. The number of hydrogen-bond acceptors (Lipinski definition) is 5. The van der Waals surface area contributed by atoms with Gasteiger partial charge in [0.1, 0.15) is 11.4 Å². The highest BCUT2D eigenvalue weighted by molar-refractivity contribution is 5.87. The topological polar surface area (TPSA) is 65.7 Å². The van der Waals surface area contributed by atoms with Crippen molar-refractivity contribution in [1.82, 2.24) is 25.0 Å². The van der Waals surface area contributed by atoms with Crippen LogP contribution >= 0.6 is 0 Å². The van der Waals surface area contributed by atoms with Gasteiger partial charge >= 0.3 is 0 Å². The van der Waals surface area contributed by atoms with E-state index in [1.807, 2.05) is 73.8 Å². The minimum Gasteiger partial charge on any atom is -0.497 e. The van der Waals surface area contributed by atoms with Crippen molar-refractivity contribution in [3.05, 3.63) is 84.7 Å². The summed E-state index contributed by atoms with van der Waals surface area (Å²) in [4.78, 5) is 9.23. The van der Waals surface area contributed by atoms with Crippen LogP contribution in [0, 0.1) is 6.92 Å². The van der Waals surface area contributed by atoms with Crippen LogP contribution in [-0.2, 0) is 0 Å². The minimum atomic E-state index is 0.498. The van der Waals surface area contributed by atoms with Crippen LogP contribution in [0.1, 0.15) is 5.69 Å². The number of aromatic nitrogens is 5. The third kappa shape index (κ3) is 3.39. The fraction of sp³-hybridized carbons (Fsp3) is 0.0833. The molecule has 0 N–H and O–H groups in total. The first-order valence-corrected chi connectivity index (χ1v) is 9.61. The van der Waals surface area contributed by atoms with Crippen LogP contribution < -0.4 is 4.74 Å². The minimum absolute atomic E-state index is 0.498. The molecule has 0 aliphatic rings. The van der Waals surface area contributed by atoms with Crippen molar-refractivity contribution in [1.29, 1.82) is 0 Å². The summed E-state index contributed by atoms with van der Waals surface area (Å²) in [5.41, 5.74) is 4.51. The molecule has 6 nitrogen and oxygen atoms in total. The Labute approximate surface area is 173 Å². The van der Waals surface area contributed by atoms with Gasteiger partial charge < -0.3 is 4.74 Å². The third-order valence-corrected chi connectivity index (χ3v) is 4.95. The summed E-state index contributed by atoms with van der Waals surface area (Å²) in [6.45, 7) is 1.95. The zero-order valence-corrected chi connectivity index (χ0v) is 16.6. The molecule has 0 saturated heterocycles. The van der Waals surface area contributed by atoms with Gasteiger partial charge in [-0.3, -0.25) is 0 Å². The van der Waals surface area contributed by atoms with Crippen LogP contribution in [0.2, 0.25) is 0 Å². The highest BCUT2D eigenvalue weighted by Crippen LogP contribution is 2.26. The van der Waals surface area contributed by atoms with Gasteiger partial charge in [-0.15, -0.1) is 5.10 Å². The van der Waals surface area contributed by atoms with E-state index < -0.39 is 0 Å². The van der Waals surface area contributed by atoms with E-state index in [1.54, 1.807) is 11.8 Å². The maximum atomic E-state index is 5.30. The van der Waals surface area contributed by atoms with Gasteiger partial charge in [0.15, 0.2) is 0 Å². The van der Waals surface area contributed by atoms with Crippen molar-refractivity contribution in [2.45, 2.75) is 6.92 Å². The van der Waals surface area contributed by atoms with Crippen LogP contribution in [0.5, 0.6) is 5.75 Å². The Morgan fingerprint density at radius 1 is 0.767 bits per heavy atom. The van der Waals surface area contributed by atoms with Crippen LogP contribution in [0.15, 0.2) is 79.0 Å². The van der Waals surface area contributed by atoms with E-state index in [0.717, 1.165) is 44.7 Å². The summed E-state index contributed by atoms with van der Waals surface area (Å²) in [5.74, 6) is 1.34. The molecule has 0 atom stereocenters. The van der Waals surface area contributed by atoms with Gasteiger partial charge in [-0.2, -0.15) is 4.68 Å². The van der Waals surface area contributed by atoms with Crippen molar-refractivity contribution < 1.29 is 4.74 Å². The summed E-state index contributed by atoms with van der Waals surface area (Å²) in [7, 11) is 1.67. The van der Waals surface area contributed by atoms with Crippen LogP contribution in [0.3, 0.4) is 0 Å². The van der Waals surface area contributed by atoms with E-state index in [0.29, 0.717) is 5.95 Å². The molecule has 5 rings (SSSR count). The number of benzene rings is 3. The molecule has 0 aliphatic heterocycles. The molecule has 0 spiro atoms. The van der Waals surface area contributed by atoms with Gasteiger partial charge in [-0.25, -0.2) is 9.97 Å². The third-order valence-electron chi connectivity index (χ3n) is 4.95. The Morgan fingerprint density at radius 2 is 1.57 bits per heavy atom. The van der Waals surface area contributed by atoms with Gasteiger partial charge in [0.2, 0.25) is 0 Å². The first-order valence-electron chi connectivity index (χ1n) is 9.61. The smallest absolute Gasteiger partial charge is 0.252 e. The fourth-order valence-electron chi connectivity index (χ4n) is 3.42. The molecule has 0 bridgehead atoms. The first kappa shape index (κ1) is 18.0. The summed E-state index contributed by atoms with van der Waals surface area (Å²) in [6, 6.07) is 24.2. The van der Waals surface area contributed by atoms with Crippen molar-refractivity contribution in [2.24, 2.45) is 0 Å². The molecule has 5 aromatic rings. The molecule has 2 heterocycles. The standard InChI is InChI=1S/C24H19N5O/c1-16-12-22(17-6-4-3-5-7-17)26-24(25-16)29-15-23(27-28-29)20-9-8-19-14-21(30-2)11-10-18(19)13-20/h3-15H,1-2H3. The molecule has 146 valence electrons. The zero-order valence-electron chi connectivity index (χ0n) is 16.6. The zero-order chi connectivity index (χ0) is 20.5. The second-order valence-electron chi connectivity index (χ2n) is 7.04. The summed E-state index contributed by atoms with van der Waals surface area (Å²) in [6.07, 6.45) is 1.86. The molecule has 0 saturated carbocycles. The second kappa shape index (κ2) is 7.40. The lowest BCUT2D eigenvalue weighted by Crippen LogP contribution is -2.04. The number of ether oxygens (including phenoxy) is 1. The Hall–Kier alpha value is -4.06. The Kier molecular flexibility index (Phi) is 4.44. The fourth-order valence-corrected chi connectivity index (χ4v) is 3.42. The molecular weight excluding hydrogens is 374 g/mol. The van der Waals surface area contributed by atoms with Crippen molar-refractivity contribution >= 4 is 10.8 Å². The van der Waals surface area contributed by atoms with Crippen molar-refractivity contribution in [2.75, 3.05) is 7.11 Å². The lowest BCUT2D eigenvalue weighted by atomic mass is 10.1. The maximum Gasteiger partial charge on any atom is 0.252 e. The van der Waals surface area contributed by atoms with Gasteiger partial charge in [-0.05, 0) is 42.0 Å². The molecule has 6 heteroatoms. The number of aryl methyl sites for hydroxylation is 1. The molecule has 0 amide bonds. The van der Waals surface area contributed by atoms with Crippen LogP contribution in [0.4, 0.5) is 0 Å². The molecule has 0 radical (unpaired) electrons. The lowest BCUT2D eigenvalue weighted by molar-refractivity contribution is 0.415. The summed E-state index contributed by atoms with van der Waals surface area (Å²) < 4.78 is 6.92. The van der Waals surface area contributed by atoms with Gasteiger partial charge in [0.05, 0.1) is 19.0 Å². The Balaban J connectivity index is 1.51. The number of nitrogens with zero attached hydrogens (tertiary/aromatic N) is 5. The lowest BCUT2D eigenvalue weighted by Gasteiger charge is -2.05. The number of rotatable bonds is 4. The predicted octanol–water partition coefficient (Wildman–Crippen LogP) is 4.86. The molecule has 3 aromatic carbocycles. The first-order chi connectivity index (χ1) is 14.7. The van der Waals surface area contributed by atoms with E-state index >= 15 is 0 Å². The molecule has 2 aromatic heterocycles. The highest BCUT2D eigenvalue weighted by atomic mass is 16.5. The van der Waals surface area contributed by atoms with Crippen molar-refractivity contribution in [3.63, 3.8) is 0 Å². The monoisotopic (exact) mass is 393 g/mol. The molecular formula is C24H19N5O. The Bertz CT molecular complexity index is 1340. The average Bonchev–Trinajstić information content (AvgIpc) is 3.29. The van der Waals surface area contributed by atoms with Gasteiger partial charge in [-0.1, -0.05) is 53.7 Å². The molecule has 0 aliphatic carbocycles. The second-order valence-corrected chi connectivity index (χ2v) is 7.04. The largest absolute Gasteiger partial charge is 0.497 e. The SMILES string of the molecule is COc1ccc2cc(-c3cn(-c4nc(C)cc(-c5ccccc5)n4)nn3)ccc2c1. The molecule has 0 unspecified atom stereocenters. The molecule has 30 heavy (non-hydrogen) atoms. The number of fused-ring (bicyclic) bond motifs is 1. The quantitative estimate of drug-likeness (QED) is 0.436. The molecule has 0 fully saturated rings. The predicted molar refractivity (Wildman–Crippen MR) is 117 cm³/mol. The van der Waals surface area contributed by atoms with Gasteiger partial charge in [0.25, 0.3) is 5.95 Å². The Morgan fingerprint density at radius 3 is 2.40 bits per heavy atom. The van der Waals surface area contributed by atoms with Crippen LogP contribution in [-0.4, -0.2) is 32.1 Å². The van der Waals surface area contributed by atoms with E-state index in [4.69, 9.17) is 4.74 Å². The van der Waals surface area contributed by atoms with E-state index in [9.17, 15) is 0 Å². The van der Waals surface area contributed by atoms with Gasteiger partial charge in [0, 0.05) is 16.8 Å². The number of methoxy groups -OCH3 is 1. The van der Waals surface area contributed by atoms with E-state index in [-0.39, 0.29) is 0 Å². The van der Waals surface area contributed by atoms with Crippen LogP contribution in [0.25, 0.3) is 39.2 Å².